The Balaban J connectivity index is 1.91. The summed E-state index contributed by atoms with van der Waals surface area (Å²) in [5.41, 5.74) is 4.09. The quantitative estimate of drug-likeness (QED) is 0.410. The van der Waals surface area contributed by atoms with E-state index in [1.54, 1.807) is 6.07 Å². The van der Waals surface area contributed by atoms with Gasteiger partial charge in [0.05, 0.1) is 0 Å². The molecule has 1 aliphatic rings. The molecule has 2 heterocycles. The molecule has 0 saturated carbocycles. The second kappa shape index (κ2) is 8.50. The van der Waals surface area contributed by atoms with Gasteiger partial charge in [0, 0.05) is 0 Å². The van der Waals surface area contributed by atoms with Crippen LogP contribution in [0.2, 0.25) is 14.8 Å². The average molecular weight is 517 g/mol. The van der Waals surface area contributed by atoms with Crippen molar-refractivity contribution in [1.29, 1.82) is 0 Å². The van der Waals surface area contributed by atoms with E-state index in [2.05, 4.69) is 44.6 Å². The Morgan fingerprint density at radius 1 is 1.20 bits per heavy atom. The Hall–Kier alpha value is -1.60. The van der Waals surface area contributed by atoms with E-state index < -0.39 is 18.4 Å². The predicted molar refractivity (Wildman–Crippen MR) is 123 cm³/mol. The number of ether oxygens (including phenoxy) is 2. The molecule has 4 rings (SSSR count). The number of fused-ring (bicyclic) bond motifs is 1. The zero-order chi connectivity index (χ0) is 21.5. The Kier molecular flexibility index (Phi) is 6.13. The van der Waals surface area contributed by atoms with Gasteiger partial charge in [-0.3, -0.25) is 0 Å². The third-order valence-corrected chi connectivity index (χ3v) is 11.0. The van der Waals surface area contributed by atoms with Crippen molar-refractivity contribution in [2.24, 2.45) is 0 Å². The first-order chi connectivity index (χ1) is 14.3. The van der Waals surface area contributed by atoms with Gasteiger partial charge in [0.1, 0.15) is 0 Å². The number of methoxy groups -OCH3 is 1. The molecule has 1 unspecified atom stereocenters. The fourth-order valence-corrected chi connectivity index (χ4v) is 8.38. The summed E-state index contributed by atoms with van der Waals surface area (Å²) in [6.45, 7) is 2.87. The fourth-order valence-electron chi connectivity index (χ4n) is 4.31. The van der Waals surface area contributed by atoms with Gasteiger partial charge in [0.2, 0.25) is 0 Å². The van der Waals surface area contributed by atoms with Crippen molar-refractivity contribution < 1.29 is 13.9 Å². The number of nitrogens with zero attached hydrogens (tertiary/aromatic N) is 2. The van der Waals surface area contributed by atoms with Crippen molar-refractivity contribution in [2.75, 3.05) is 13.7 Å². The number of aryl methyl sites for hydroxylation is 1. The molecule has 0 amide bonds. The van der Waals surface area contributed by atoms with Crippen LogP contribution in [-0.4, -0.2) is 41.9 Å². The number of rotatable bonds is 5. The minimum atomic E-state index is -2.44. The van der Waals surface area contributed by atoms with E-state index in [1.165, 1.54) is 16.2 Å². The van der Waals surface area contributed by atoms with Crippen molar-refractivity contribution in [2.45, 2.75) is 53.7 Å². The third kappa shape index (κ3) is 3.98. The maximum absolute atomic E-state index is 14.5. The molecule has 160 valence electrons. The van der Waals surface area contributed by atoms with Crippen molar-refractivity contribution >= 4 is 33.0 Å². The summed E-state index contributed by atoms with van der Waals surface area (Å²) in [6, 6.07) is 9.86. The summed E-state index contributed by atoms with van der Waals surface area (Å²) in [6.07, 6.45) is 4.04. The summed E-state index contributed by atoms with van der Waals surface area (Å²) in [4.78, 5) is 7.18. The van der Waals surface area contributed by atoms with Gasteiger partial charge >= 0.3 is 183 Å². The summed E-state index contributed by atoms with van der Waals surface area (Å²) in [7, 11) is 1.51. The van der Waals surface area contributed by atoms with Crippen LogP contribution in [0.4, 0.5) is 4.39 Å². The molecule has 30 heavy (non-hydrogen) atoms. The van der Waals surface area contributed by atoms with Crippen molar-refractivity contribution in [3.05, 3.63) is 41.7 Å². The summed E-state index contributed by atoms with van der Waals surface area (Å²) in [5, 5.41) is 6.32. The second-order valence-corrected chi connectivity index (χ2v) is 23.3. The molecular weight excluding hydrogens is 486 g/mol. The molecule has 1 fully saturated rings. The normalized spacial score (nSPS) is 17.5. The monoisotopic (exact) mass is 518 g/mol. The van der Waals surface area contributed by atoms with Gasteiger partial charge in [-0.25, -0.2) is 0 Å². The first kappa shape index (κ1) is 21.6. The van der Waals surface area contributed by atoms with E-state index in [4.69, 9.17) is 14.6 Å². The second-order valence-electron chi connectivity index (χ2n) is 9.09. The minimum absolute atomic E-state index is 0.0165. The molecule has 0 radical (unpaired) electrons. The van der Waals surface area contributed by atoms with Crippen LogP contribution in [0.1, 0.15) is 38.0 Å². The van der Waals surface area contributed by atoms with E-state index >= 15 is 0 Å². The van der Waals surface area contributed by atoms with Crippen LogP contribution >= 0.6 is 0 Å². The van der Waals surface area contributed by atoms with E-state index in [0.29, 0.717) is 5.75 Å². The predicted octanol–water partition coefficient (Wildman–Crippen LogP) is 5.66. The molecule has 4 nitrogen and oxygen atoms in total. The molecule has 1 aliphatic heterocycles. The van der Waals surface area contributed by atoms with Gasteiger partial charge in [0.25, 0.3) is 0 Å². The molecule has 0 spiro atoms. The number of hydrogen-bond acceptors (Lipinski definition) is 3. The molecular formula is C24H31FN2O2Sn. The van der Waals surface area contributed by atoms with Gasteiger partial charge in [0.15, 0.2) is 0 Å². The number of hydrogen-bond donors (Lipinski definition) is 0. The van der Waals surface area contributed by atoms with Gasteiger partial charge in [-0.15, -0.1) is 0 Å². The third-order valence-electron chi connectivity index (χ3n) is 5.92. The first-order valence-corrected chi connectivity index (χ1v) is 20.8. The fraction of sp³-hybridized carbons (Fsp3) is 0.458. The van der Waals surface area contributed by atoms with Crippen LogP contribution in [0, 0.1) is 5.82 Å². The summed E-state index contributed by atoms with van der Waals surface area (Å²) in [5.74, 6) is -0.0399. The zero-order valence-corrected chi connectivity index (χ0v) is 21.4. The molecule has 1 atom stereocenters. The number of halogens is 1. The Morgan fingerprint density at radius 3 is 2.63 bits per heavy atom. The van der Waals surface area contributed by atoms with Gasteiger partial charge in [-0.05, 0) is 0 Å². The van der Waals surface area contributed by atoms with Crippen LogP contribution in [0.3, 0.4) is 0 Å². The zero-order valence-electron chi connectivity index (χ0n) is 18.6. The van der Waals surface area contributed by atoms with Crippen molar-refractivity contribution in [3.63, 3.8) is 0 Å². The van der Waals surface area contributed by atoms with Crippen LogP contribution in [-0.2, 0) is 11.2 Å². The van der Waals surface area contributed by atoms with Crippen molar-refractivity contribution in [1.82, 2.24) is 9.78 Å². The van der Waals surface area contributed by atoms with Gasteiger partial charge in [-0.1, -0.05) is 0 Å². The molecule has 2 aromatic carbocycles. The standard InChI is InChI=1S/C21H22FN2O2.3CH3.Sn/c1-3-14-11-20(25-2)18(22)12-17(14)15-7-8-16-13-23-24(19(16)10-15)21-6-4-5-9-26-21;;;;/h7-8,10-12,21H,3-6,9H2,1-2H3;3*1H3;. The SMILES string of the molecule is CCc1cc(OC)c(F)cc1-c1ccc2[c]([Sn]([CH3])([CH3])[CH3])nn(C3CCCCO3)c2c1. The van der Waals surface area contributed by atoms with Gasteiger partial charge in [-0.2, -0.15) is 0 Å². The van der Waals surface area contributed by atoms with Crippen LogP contribution in [0.25, 0.3) is 22.0 Å². The molecule has 1 aromatic heterocycles. The molecule has 0 N–H and O–H groups in total. The maximum atomic E-state index is 14.5. The molecule has 1 saturated heterocycles. The van der Waals surface area contributed by atoms with E-state index in [0.717, 1.165) is 54.5 Å². The molecule has 0 bridgehead atoms. The average Bonchev–Trinajstić information content (AvgIpc) is 3.13. The van der Waals surface area contributed by atoms with E-state index in [-0.39, 0.29) is 12.0 Å². The summed E-state index contributed by atoms with van der Waals surface area (Å²) >= 11 is -2.44. The Morgan fingerprint density at radius 2 is 2.00 bits per heavy atom. The van der Waals surface area contributed by atoms with Gasteiger partial charge < -0.3 is 0 Å². The number of benzene rings is 2. The number of aromatic nitrogens is 2. The van der Waals surface area contributed by atoms with Crippen LogP contribution < -0.4 is 8.45 Å². The molecule has 0 aliphatic carbocycles. The van der Waals surface area contributed by atoms with Crippen LogP contribution in [0.15, 0.2) is 30.3 Å². The molecule has 3 aromatic rings. The topological polar surface area (TPSA) is 36.3 Å². The molecule has 6 heteroatoms. The Labute approximate surface area is 182 Å². The first-order valence-electron chi connectivity index (χ1n) is 10.8. The summed E-state index contributed by atoms with van der Waals surface area (Å²) < 4.78 is 29.2. The van der Waals surface area contributed by atoms with E-state index in [1.807, 2.05) is 6.07 Å². The van der Waals surface area contributed by atoms with E-state index in [9.17, 15) is 4.39 Å². The van der Waals surface area contributed by atoms with Crippen molar-refractivity contribution in [3.8, 4) is 16.9 Å². The Bertz CT molecular complexity index is 1070. The van der Waals surface area contributed by atoms with Crippen LogP contribution in [0.5, 0.6) is 5.75 Å².